The molecule has 1 rings (SSSR count). The summed E-state index contributed by atoms with van der Waals surface area (Å²) in [5.74, 6) is 0. The fourth-order valence-electron chi connectivity index (χ4n) is 0.931. The molecule has 5 nitrogen and oxygen atoms in total. The second-order valence-electron chi connectivity index (χ2n) is 2.67. The molecule has 0 saturated carbocycles. The number of thiazole rings is 1. The summed E-state index contributed by atoms with van der Waals surface area (Å²) < 4.78 is 0. The van der Waals surface area contributed by atoms with Crippen LogP contribution in [0.1, 0.15) is 5.69 Å². The van der Waals surface area contributed by atoms with Crippen molar-refractivity contribution in [2.75, 3.05) is 20.1 Å². The molecule has 0 bridgehead atoms. The maximum atomic E-state index is 8.06. The Bertz CT molecular complexity index is 277. The first-order valence-corrected chi connectivity index (χ1v) is 4.83. The third kappa shape index (κ3) is 3.89. The average molecular weight is 197 g/mol. The van der Waals surface area contributed by atoms with Gasteiger partial charge in [-0.1, -0.05) is 5.11 Å². The molecule has 0 saturated heterocycles. The third-order valence-electron chi connectivity index (χ3n) is 1.56. The molecule has 0 amide bonds. The van der Waals surface area contributed by atoms with Gasteiger partial charge in [0.15, 0.2) is 0 Å². The molecule has 0 atom stereocenters. The Balaban J connectivity index is 2.25. The van der Waals surface area contributed by atoms with Crippen molar-refractivity contribution in [3.05, 3.63) is 27.0 Å². The molecule has 0 radical (unpaired) electrons. The van der Waals surface area contributed by atoms with Crippen LogP contribution >= 0.6 is 11.3 Å². The molecule has 1 heterocycles. The van der Waals surface area contributed by atoms with Crippen LogP contribution in [0.25, 0.3) is 10.4 Å². The highest BCUT2D eigenvalue weighted by Crippen LogP contribution is 2.03. The first-order valence-electron chi connectivity index (χ1n) is 3.89. The van der Waals surface area contributed by atoms with Gasteiger partial charge in [0.05, 0.1) is 11.2 Å². The van der Waals surface area contributed by atoms with Gasteiger partial charge in [-0.3, -0.25) is 0 Å². The average Bonchev–Trinajstić information content (AvgIpc) is 2.57. The second-order valence-corrected chi connectivity index (χ2v) is 3.39. The lowest BCUT2D eigenvalue weighted by molar-refractivity contribution is 0.333. The van der Waals surface area contributed by atoms with Crippen molar-refractivity contribution in [2.24, 2.45) is 5.11 Å². The van der Waals surface area contributed by atoms with E-state index in [-0.39, 0.29) is 0 Å². The summed E-state index contributed by atoms with van der Waals surface area (Å²) in [5, 5.41) is 5.48. The largest absolute Gasteiger partial charge is 0.300 e. The Morgan fingerprint density at radius 2 is 2.62 bits per heavy atom. The third-order valence-corrected chi connectivity index (χ3v) is 2.20. The molecule has 1 aromatic heterocycles. The van der Waals surface area contributed by atoms with Crippen molar-refractivity contribution in [3.8, 4) is 0 Å². The number of rotatable bonds is 5. The Morgan fingerprint density at radius 1 is 1.77 bits per heavy atom. The summed E-state index contributed by atoms with van der Waals surface area (Å²) in [6.07, 6.45) is 0. The summed E-state index contributed by atoms with van der Waals surface area (Å²) >= 11 is 1.59. The van der Waals surface area contributed by atoms with E-state index in [0.29, 0.717) is 6.54 Å². The van der Waals surface area contributed by atoms with Gasteiger partial charge >= 0.3 is 0 Å². The first-order chi connectivity index (χ1) is 6.33. The number of hydrogen-bond acceptors (Lipinski definition) is 4. The van der Waals surface area contributed by atoms with Crippen molar-refractivity contribution >= 4 is 11.3 Å². The van der Waals surface area contributed by atoms with Gasteiger partial charge in [0.1, 0.15) is 0 Å². The molecule has 1 aromatic rings. The Kier molecular flexibility index (Phi) is 4.25. The standard InChI is InChI=1S/C7H11N5S/c1-12(3-2-10-11-8)4-7-5-13-6-9-7/h5-6H,2-4H2,1H3. The van der Waals surface area contributed by atoms with Gasteiger partial charge in [-0.25, -0.2) is 4.98 Å². The first kappa shape index (κ1) is 9.98. The molecule has 6 heteroatoms. The Morgan fingerprint density at radius 3 is 3.23 bits per heavy atom. The molecule has 0 N–H and O–H groups in total. The number of likely N-dealkylation sites (N-methyl/N-ethyl adjacent to an activating group) is 1. The topological polar surface area (TPSA) is 64.9 Å². The summed E-state index contributed by atoms with van der Waals surface area (Å²) in [4.78, 5) is 8.92. The number of aromatic nitrogens is 1. The van der Waals surface area contributed by atoms with Crippen LogP contribution in [0.3, 0.4) is 0 Å². The molecule has 0 aromatic carbocycles. The van der Waals surface area contributed by atoms with Crippen molar-refractivity contribution in [2.45, 2.75) is 6.54 Å². The molecule has 70 valence electrons. The number of nitrogens with zero attached hydrogens (tertiary/aromatic N) is 5. The maximum absolute atomic E-state index is 8.06. The highest BCUT2D eigenvalue weighted by molar-refractivity contribution is 7.07. The van der Waals surface area contributed by atoms with E-state index in [1.165, 1.54) is 0 Å². The Labute approximate surface area is 80.6 Å². The fraction of sp³-hybridized carbons (Fsp3) is 0.571. The molecule has 0 unspecified atom stereocenters. The van der Waals surface area contributed by atoms with Crippen molar-refractivity contribution in [1.29, 1.82) is 0 Å². The summed E-state index contributed by atoms with van der Waals surface area (Å²) in [6.45, 7) is 2.09. The zero-order valence-corrected chi connectivity index (χ0v) is 8.24. The zero-order valence-electron chi connectivity index (χ0n) is 7.42. The normalized spacial score (nSPS) is 10.0. The Hall–Kier alpha value is -1.10. The summed E-state index contributed by atoms with van der Waals surface area (Å²) in [5.41, 5.74) is 10.9. The quantitative estimate of drug-likeness (QED) is 0.411. The van der Waals surface area contributed by atoms with E-state index in [0.717, 1.165) is 18.8 Å². The predicted molar refractivity (Wildman–Crippen MR) is 52.5 cm³/mol. The minimum Gasteiger partial charge on any atom is -0.300 e. The number of azide groups is 1. The van der Waals surface area contributed by atoms with Crippen LogP contribution in [0, 0.1) is 0 Å². The van der Waals surface area contributed by atoms with E-state index in [9.17, 15) is 0 Å². The van der Waals surface area contributed by atoms with Gasteiger partial charge in [0.25, 0.3) is 0 Å². The van der Waals surface area contributed by atoms with Crippen LogP contribution in [0.5, 0.6) is 0 Å². The van der Waals surface area contributed by atoms with E-state index < -0.39 is 0 Å². The minimum absolute atomic E-state index is 0.511. The van der Waals surface area contributed by atoms with Gasteiger partial charge in [-0.05, 0) is 12.6 Å². The van der Waals surface area contributed by atoms with Crippen LogP contribution in [0.4, 0.5) is 0 Å². The van der Waals surface area contributed by atoms with Gasteiger partial charge in [0.2, 0.25) is 0 Å². The molecule has 0 aliphatic carbocycles. The van der Waals surface area contributed by atoms with Crippen LogP contribution in [0.2, 0.25) is 0 Å². The molecular formula is C7H11N5S. The van der Waals surface area contributed by atoms with Crippen molar-refractivity contribution in [3.63, 3.8) is 0 Å². The SMILES string of the molecule is CN(CCN=[N+]=[N-])Cc1cscn1. The lowest BCUT2D eigenvalue weighted by Crippen LogP contribution is -2.20. The van der Waals surface area contributed by atoms with Crippen molar-refractivity contribution in [1.82, 2.24) is 9.88 Å². The molecular weight excluding hydrogens is 186 g/mol. The molecule has 13 heavy (non-hydrogen) atoms. The highest BCUT2D eigenvalue weighted by Gasteiger charge is 1.99. The van der Waals surface area contributed by atoms with Crippen molar-refractivity contribution < 1.29 is 0 Å². The van der Waals surface area contributed by atoms with Crippen LogP contribution in [-0.2, 0) is 6.54 Å². The fourth-order valence-corrected chi connectivity index (χ4v) is 1.48. The van der Waals surface area contributed by atoms with Crippen LogP contribution in [-0.4, -0.2) is 30.0 Å². The van der Waals surface area contributed by atoms with E-state index in [1.54, 1.807) is 11.3 Å². The van der Waals surface area contributed by atoms with E-state index in [4.69, 9.17) is 5.53 Å². The lowest BCUT2D eigenvalue weighted by Gasteiger charge is -2.12. The molecule has 0 fully saturated rings. The minimum atomic E-state index is 0.511. The number of hydrogen-bond donors (Lipinski definition) is 0. The van der Waals surface area contributed by atoms with Crippen LogP contribution < -0.4 is 0 Å². The van der Waals surface area contributed by atoms with E-state index in [1.807, 2.05) is 17.9 Å². The van der Waals surface area contributed by atoms with E-state index >= 15 is 0 Å². The smallest absolute Gasteiger partial charge is 0.0795 e. The second kappa shape index (κ2) is 5.53. The maximum Gasteiger partial charge on any atom is 0.0795 e. The lowest BCUT2D eigenvalue weighted by atomic mass is 10.4. The summed E-state index contributed by atoms with van der Waals surface area (Å²) in [7, 11) is 1.98. The molecule has 0 aliphatic rings. The summed E-state index contributed by atoms with van der Waals surface area (Å²) in [6, 6.07) is 0. The monoisotopic (exact) mass is 197 g/mol. The van der Waals surface area contributed by atoms with Gasteiger partial charge < -0.3 is 4.90 Å². The zero-order chi connectivity index (χ0) is 9.52. The highest BCUT2D eigenvalue weighted by atomic mass is 32.1. The molecule has 0 spiro atoms. The molecule has 0 aliphatic heterocycles. The van der Waals surface area contributed by atoms with Gasteiger partial charge in [0, 0.05) is 29.9 Å². The predicted octanol–water partition coefficient (Wildman–Crippen LogP) is 1.89. The van der Waals surface area contributed by atoms with Gasteiger partial charge in [-0.15, -0.1) is 11.3 Å². The van der Waals surface area contributed by atoms with Crippen LogP contribution in [0.15, 0.2) is 16.0 Å². The van der Waals surface area contributed by atoms with E-state index in [2.05, 4.69) is 19.9 Å². The van der Waals surface area contributed by atoms with Gasteiger partial charge in [-0.2, -0.15) is 0 Å².